The molecule has 3 aromatic heterocycles. The molecule has 0 atom stereocenters. The van der Waals surface area contributed by atoms with Crippen molar-refractivity contribution in [2.24, 2.45) is 0 Å². The highest BCUT2D eigenvalue weighted by molar-refractivity contribution is 5.88. The van der Waals surface area contributed by atoms with Crippen LogP contribution in [0.5, 0.6) is 0 Å². The van der Waals surface area contributed by atoms with Gasteiger partial charge in [0.05, 0.1) is 23.6 Å². The Morgan fingerprint density at radius 2 is 2.20 bits per heavy atom. The number of carbonyl (C=O) groups is 1. The Balaban J connectivity index is 2.53. The Morgan fingerprint density at radius 1 is 1.45 bits per heavy atom. The summed E-state index contributed by atoms with van der Waals surface area (Å²) in [7, 11) is 0. The van der Waals surface area contributed by atoms with Crippen LogP contribution in [0.25, 0.3) is 16.7 Å². The zero-order chi connectivity index (χ0) is 14.4. The molecule has 102 valence electrons. The van der Waals surface area contributed by atoms with Gasteiger partial charge in [0.1, 0.15) is 5.65 Å². The van der Waals surface area contributed by atoms with Gasteiger partial charge in [0.25, 0.3) is 5.56 Å². The Morgan fingerprint density at radius 3 is 2.90 bits per heavy atom. The molecule has 3 aromatic rings. The molecule has 9 nitrogen and oxygen atoms in total. The molecule has 0 spiro atoms. The Hall–Kier alpha value is -2.97. The number of carboxylic acids is 1. The molecule has 0 aliphatic heterocycles. The van der Waals surface area contributed by atoms with Crippen LogP contribution >= 0.6 is 0 Å². The molecule has 3 N–H and O–H groups in total. The fourth-order valence-electron chi connectivity index (χ4n) is 2.10. The normalized spacial score (nSPS) is 11.2. The zero-order valence-electron chi connectivity index (χ0n) is 10.3. The molecule has 0 fully saturated rings. The standard InChI is InChI=1S/C11H9N5O4/c1-4-5(2-7(17)18)10(19)16-9(13-4)6-3-12-15-8(6)14-11(16)20/h3H,2H2,1H3,(H,17,18)(H2,12,14,15,20). The van der Waals surface area contributed by atoms with Gasteiger partial charge in [0.2, 0.25) is 0 Å². The van der Waals surface area contributed by atoms with Crippen LogP contribution in [0.15, 0.2) is 15.8 Å². The summed E-state index contributed by atoms with van der Waals surface area (Å²) < 4.78 is 0.823. The molecule has 0 unspecified atom stereocenters. The molecule has 9 heteroatoms. The number of carboxylic acid groups (broad SMARTS) is 1. The van der Waals surface area contributed by atoms with E-state index >= 15 is 0 Å². The first kappa shape index (κ1) is 12.1. The molecule has 0 amide bonds. The topological polar surface area (TPSA) is 133 Å². The lowest BCUT2D eigenvalue weighted by atomic mass is 10.1. The predicted molar refractivity (Wildman–Crippen MR) is 67.8 cm³/mol. The van der Waals surface area contributed by atoms with Crippen molar-refractivity contribution in [3.63, 3.8) is 0 Å². The van der Waals surface area contributed by atoms with Crippen molar-refractivity contribution in [3.8, 4) is 0 Å². The molecule has 0 radical (unpaired) electrons. The van der Waals surface area contributed by atoms with Crippen molar-refractivity contribution < 1.29 is 9.90 Å². The van der Waals surface area contributed by atoms with Crippen LogP contribution in [0, 0.1) is 6.92 Å². The largest absolute Gasteiger partial charge is 0.481 e. The van der Waals surface area contributed by atoms with Gasteiger partial charge in [-0.05, 0) is 6.92 Å². The quantitative estimate of drug-likeness (QED) is 0.560. The molecule has 0 saturated carbocycles. The molecule has 20 heavy (non-hydrogen) atoms. The Bertz CT molecular complexity index is 964. The number of aliphatic carboxylic acids is 1. The third kappa shape index (κ3) is 1.60. The third-order valence-corrected chi connectivity index (χ3v) is 3.03. The van der Waals surface area contributed by atoms with E-state index in [9.17, 15) is 14.4 Å². The average Bonchev–Trinajstić information content (AvgIpc) is 2.81. The van der Waals surface area contributed by atoms with Crippen LogP contribution in [-0.2, 0) is 11.2 Å². The van der Waals surface area contributed by atoms with Gasteiger partial charge in [-0.2, -0.15) is 5.10 Å². The molecule has 0 bridgehead atoms. The van der Waals surface area contributed by atoms with Gasteiger partial charge < -0.3 is 5.11 Å². The number of nitrogens with one attached hydrogen (secondary N) is 2. The minimum absolute atomic E-state index is 0.0108. The van der Waals surface area contributed by atoms with Gasteiger partial charge in [0, 0.05) is 5.69 Å². The molecule has 0 aromatic carbocycles. The van der Waals surface area contributed by atoms with Crippen LogP contribution in [-0.4, -0.2) is 35.6 Å². The van der Waals surface area contributed by atoms with Crippen LogP contribution in [0.4, 0.5) is 0 Å². The maximum Gasteiger partial charge on any atom is 0.335 e. The first-order chi connectivity index (χ1) is 9.49. The van der Waals surface area contributed by atoms with E-state index in [0.717, 1.165) is 4.40 Å². The summed E-state index contributed by atoms with van der Waals surface area (Å²) in [4.78, 5) is 41.6. The van der Waals surface area contributed by atoms with Gasteiger partial charge in [-0.25, -0.2) is 14.2 Å². The summed E-state index contributed by atoms with van der Waals surface area (Å²) in [6.45, 7) is 1.53. The van der Waals surface area contributed by atoms with Crippen molar-refractivity contribution in [2.75, 3.05) is 0 Å². The molecule has 0 aliphatic carbocycles. The maximum atomic E-state index is 12.3. The first-order valence-electron chi connectivity index (χ1n) is 5.68. The van der Waals surface area contributed by atoms with E-state index in [1.807, 2.05) is 0 Å². The van der Waals surface area contributed by atoms with E-state index < -0.39 is 23.6 Å². The van der Waals surface area contributed by atoms with Crippen molar-refractivity contribution in [3.05, 3.63) is 38.3 Å². The molecular formula is C11H9N5O4. The molecule has 3 rings (SSSR count). The maximum absolute atomic E-state index is 12.3. The van der Waals surface area contributed by atoms with Crippen molar-refractivity contribution in [1.82, 2.24) is 24.6 Å². The van der Waals surface area contributed by atoms with E-state index in [-0.39, 0.29) is 16.9 Å². The molecule has 3 heterocycles. The number of aryl methyl sites for hydroxylation is 1. The highest BCUT2D eigenvalue weighted by Crippen LogP contribution is 2.12. The second-order valence-electron chi connectivity index (χ2n) is 4.30. The Kier molecular flexibility index (Phi) is 2.43. The van der Waals surface area contributed by atoms with Crippen molar-refractivity contribution in [1.29, 1.82) is 0 Å². The zero-order valence-corrected chi connectivity index (χ0v) is 10.3. The summed E-state index contributed by atoms with van der Waals surface area (Å²) in [6.07, 6.45) is 0.951. The summed E-state index contributed by atoms with van der Waals surface area (Å²) in [5.74, 6) is -1.16. The molecule has 0 aliphatic rings. The lowest BCUT2D eigenvalue weighted by Gasteiger charge is -2.06. The van der Waals surface area contributed by atoms with Gasteiger partial charge in [-0.3, -0.25) is 19.7 Å². The smallest absolute Gasteiger partial charge is 0.335 e. The first-order valence-corrected chi connectivity index (χ1v) is 5.68. The SMILES string of the molecule is Cc1nc2c3cn[nH]c3[nH]c(=O)n2c(=O)c1CC(=O)O. The van der Waals surface area contributed by atoms with Gasteiger partial charge in [-0.1, -0.05) is 0 Å². The number of fused-ring (bicyclic) bond motifs is 3. The number of nitrogens with zero attached hydrogens (tertiary/aromatic N) is 3. The van der Waals surface area contributed by atoms with Crippen molar-refractivity contribution in [2.45, 2.75) is 13.3 Å². The fourth-order valence-corrected chi connectivity index (χ4v) is 2.10. The molecule has 0 saturated heterocycles. The third-order valence-electron chi connectivity index (χ3n) is 3.03. The lowest BCUT2D eigenvalue weighted by Crippen LogP contribution is -2.33. The van der Waals surface area contributed by atoms with Crippen molar-refractivity contribution >= 4 is 22.6 Å². The van der Waals surface area contributed by atoms with E-state index in [2.05, 4.69) is 20.2 Å². The van der Waals surface area contributed by atoms with Crippen LogP contribution < -0.4 is 11.2 Å². The average molecular weight is 275 g/mol. The Labute approximate surface area is 109 Å². The lowest BCUT2D eigenvalue weighted by molar-refractivity contribution is -0.136. The summed E-state index contributed by atoms with van der Waals surface area (Å²) in [6, 6.07) is 0. The van der Waals surface area contributed by atoms with Gasteiger partial charge in [0.15, 0.2) is 5.65 Å². The number of hydrogen-bond donors (Lipinski definition) is 3. The van der Waals surface area contributed by atoms with Gasteiger partial charge in [-0.15, -0.1) is 0 Å². The minimum atomic E-state index is -1.16. The van der Waals surface area contributed by atoms with E-state index in [4.69, 9.17) is 5.11 Å². The number of H-pyrrole nitrogens is 2. The van der Waals surface area contributed by atoms with Crippen LogP contribution in [0.2, 0.25) is 0 Å². The second-order valence-corrected chi connectivity index (χ2v) is 4.30. The minimum Gasteiger partial charge on any atom is -0.481 e. The highest BCUT2D eigenvalue weighted by Gasteiger charge is 2.17. The van der Waals surface area contributed by atoms with Crippen LogP contribution in [0.3, 0.4) is 0 Å². The summed E-state index contributed by atoms with van der Waals surface area (Å²) in [5, 5.41) is 15.7. The number of hydrogen-bond acceptors (Lipinski definition) is 5. The number of aromatic amines is 2. The van der Waals surface area contributed by atoms with E-state index in [1.165, 1.54) is 13.1 Å². The van der Waals surface area contributed by atoms with Crippen LogP contribution in [0.1, 0.15) is 11.3 Å². The second kappa shape index (κ2) is 4.02. The summed E-state index contributed by atoms with van der Waals surface area (Å²) in [5.41, 5.74) is -0.601. The highest BCUT2D eigenvalue weighted by atomic mass is 16.4. The number of aromatic nitrogens is 5. The van der Waals surface area contributed by atoms with Gasteiger partial charge >= 0.3 is 11.7 Å². The monoisotopic (exact) mass is 275 g/mol. The van der Waals surface area contributed by atoms with E-state index in [1.54, 1.807) is 0 Å². The number of rotatable bonds is 2. The predicted octanol–water partition coefficient (Wildman–Crippen LogP) is -0.805. The summed E-state index contributed by atoms with van der Waals surface area (Å²) >= 11 is 0. The fraction of sp³-hybridized carbons (Fsp3) is 0.182. The van der Waals surface area contributed by atoms with E-state index in [0.29, 0.717) is 11.0 Å². The molecular weight excluding hydrogens is 266 g/mol.